The fourth-order valence-corrected chi connectivity index (χ4v) is 2.72. The van der Waals surface area contributed by atoms with Gasteiger partial charge in [-0.3, -0.25) is 0 Å². The minimum absolute atomic E-state index is 0.00234. The summed E-state index contributed by atoms with van der Waals surface area (Å²) in [5, 5.41) is 0. The number of unbranched alkanes of at least 4 members (excludes halogenated alkanes) is 1. The minimum Gasteiger partial charge on any atom is -0.233 e. The molecule has 0 saturated carbocycles. The van der Waals surface area contributed by atoms with Crippen LogP contribution in [0.1, 0.15) is 72.6 Å². The Morgan fingerprint density at radius 1 is 1.12 bits per heavy atom. The first-order chi connectivity index (χ1) is 7.71. The van der Waals surface area contributed by atoms with Crippen LogP contribution in [-0.4, -0.2) is 11.7 Å². The van der Waals surface area contributed by atoms with Gasteiger partial charge in [0.05, 0.1) is 6.10 Å². The zero-order chi connectivity index (χ0) is 12.0. The Morgan fingerprint density at radius 2 is 1.88 bits per heavy atom. The summed E-state index contributed by atoms with van der Waals surface area (Å²) < 4.78 is 0. The summed E-state index contributed by atoms with van der Waals surface area (Å²) >= 11 is 0. The third-order valence-corrected chi connectivity index (χ3v) is 4.07. The van der Waals surface area contributed by atoms with E-state index in [2.05, 4.69) is 27.7 Å². The molecule has 0 aliphatic carbocycles. The Morgan fingerprint density at radius 3 is 2.38 bits per heavy atom. The van der Waals surface area contributed by atoms with E-state index in [0.717, 1.165) is 19.3 Å². The van der Waals surface area contributed by atoms with Crippen molar-refractivity contribution in [1.82, 2.24) is 0 Å². The second kappa shape index (κ2) is 6.61. The summed E-state index contributed by atoms with van der Waals surface area (Å²) in [6.45, 7) is 8.90. The van der Waals surface area contributed by atoms with E-state index in [1.54, 1.807) is 0 Å². The van der Waals surface area contributed by atoms with Gasteiger partial charge in [-0.25, -0.2) is 9.78 Å². The Bertz CT molecular complexity index is 193. The fourth-order valence-electron chi connectivity index (χ4n) is 2.72. The second-order valence-corrected chi connectivity index (χ2v) is 5.14. The van der Waals surface area contributed by atoms with Crippen molar-refractivity contribution in [2.24, 2.45) is 5.92 Å². The Kier molecular flexibility index (Phi) is 5.77. The van der Waals surface area contributed by atoms with Crippen molar-refractivity contribution >= 4 is 0 Å². The summed E-state index contributed by atoms with van der Waals surface area (Å²) in [6, 6.07) is 0. The highest BCUT2D eigenvalue weighted by Crippen LogP contribution is 2.39. The average molecular weight is 228 g/mol. The Hall–Kier alpha value is -0.0800. The molecule has 1 fully saturated rings. The van der Waals surface area contributed by atoms with Crippen molar-refractivity contribution in [2.45, 2.75) is 84.3 Å². The Labute approximate surface area is 101 Å². The summed E-state index contributed by atoms with van der Waals surface area (Å²) in [7, 11) is 0. The van der Waals surface area contributed by atoms with Gasteiger partial charge in [0.25, 0.3) is 0 Å². The monoisotopic (exact) mass is 228 g/mol. The summed E-state index contributed by atoms with van der Waals surface area (Å²) in [5.41, 5.74) is 0.00234. The van der Waals surface area contributed by atoms with E-state index in [0.29, 0.717) is 12.0 Å². The summed E-state index contributed by atoms with van der Waals surface area (Å²) in [6.07, 6.45) is 8.45. The molecule has 1 aliphatic heterocycles. The normalized spacial score (nSPS) is 35.2. The molecule has 0 radical (unpaired) electrons. The van der Waals surface area contributed by atoms with Gasteiger partial charge in [-0.2, -0.15) is 0 Å². The topological polar surface area (TPSA) is 18.5 Å². The van der Waals surface area contributed by atoms with Crippen LogP contribution in [0.2, 0.25) is 0 Å². The highest BCUT2D eigenvalue weighted by atomic mass is 17.2. The highest BCUT2D eigenvalue weighted by Gasteiger charge is 2.40. The smallest absolute Gasteiger partial charge is 0.104 e. The lowest BCUT2D eigenvalue weighted by Crippen LogP contribution is -2.44. The molecule has 3 atom stereocenters. The van der Waals surface area contributed by atoms with Gasteiger partial charge in [0.15, 0.2) is 0 Å². The zero-order valence-electron chi connectivity index (χ0n) is 11.4. The van der Waals surface area contributed by atoms with Crippen LogP contribution < -0.4 is 0 Å². The lowest BCUT2D eigenvalue weighted by molar-refractivity contribution is -0.423. The van der Waals surface area contributed by atoms with Crippen LogP contribution in [-0.2, 0) is 9.78 Å². The number of rotatable bonds is 6. The maximum atomic E-state index is 5.75. The maximum Gasteiger partial charge on any atom is 0.104 e. The van der Waals surface area contributed by atoms with Crippen LogP contribution in [0.25, 0.3) is 0 Å². The molecular weight excluding hydrogens is 200 g/mol. The van der Waals surface area contributed by atoms with E-state index in [1.807, 2.05) is 0 Å². The van der Waals surface area contributed by atoms with Crippen molar-refractivity contribution in [3.8, 4) is 0 Å². The molecule has 96 valence electrons. The van der Waals surface area contributed by atoms with Crippen LogP contribution in [0, 0.1) is 5.92 Å². The van der Waals surface area contributed by atoms with Crippen molar-refractivity contribution < 1.29 is 9.78 Å². The van der Waals surface area contributed by atoms with E-state index in [4.69, 9.17) is 9.78 Å². The van der Waals surface area contributed by atoms with Gasteiger partial charge < -0.3 is 0 Å². The molecule has 0 N–H and O–H groups in total. The van der Waals surface area contributed by atoms with Crippen molar-refractivity contribution in [3.05, 3.63) is 0 Å². The predicted octanol–water partition coefficient (Wildman–Crippen LogP) is 4.48. The second-order valence-electron chi connectivity index (χ2n) is 5.14. The molecule has 2 nitrogen and oxygen atoms in total. The number of hydrogen-bond acceptors (Lipinski definition) is 2. The van der Waals surface area contributed by atoms with Gasteiger partial charge in [-0.15, -0.1) is 0 Å². The molecule has 2 heteroatoms. The van der Waals surface area contributed by atoms with Crippen LogP contribution >= 0.6 is 0 Å². The summed E-state index contributed by atoms with van der Waals surface area (Å²) in [5.74, 6) is 0.676. The first-order valence-electron chi connectivity index (χ1n) is 7.05. The molecule has 0 amide bonds. The lowest BCUT2D eigenvalue weighted by atomic mass is 9.79. The quantitative estimate of drug-likeness (QED) is 0.624. The maximum absolute atomic E-state index is 5.75. The molecule has 16 heavy (non-hydrogen) atoms. The first kappa shape index (κ1) is 14.0. The molecule has 1 aliphatic rings. The van der Waals surface area contributed by atoms with Crippen LogP contribution in [0.5, 0.6) is 0 Å². The molecule has 0 spiro atoms. The molecule has 0 bridgehead atoms. The molecule has 0 aromatic heterocycles. The first-order valence-corrected chi connectivity index (χ1v) is 7.05. The molecule has 1 heterocycles. The standard InChI is InChI=1S/C14H28O2/c1-5-9-10-14(8-4)11-12(6-2)13(7-3)15-16-14/h12-13H,5-11H2,1-4H3/t12-,13+,14-/m1/s1. The third-order valence-electron chi connectivity index (χ3n) is 4.07. The predicted molar refractivity (Wildman–Crippen MR) is 67.2 cm³/mol. The fraction of sp³-hybridized carbons (Fsp3) is 1.00. The largest absolute Gasteiger partial charge is 0.233 e. The van der Waals surface area contributed by atoms with E-state index in [1.165, 1.54) is 25.7 Å². The minimum atomic E-state index is 0.00234. The Balaban J connectivity index is 2.60. The molecule has 1 saturated heterocycles. The SMILES string of the molecule is CCCC[C@]1(CC)C[C@@H](CC)[C@H](CC)OO1. The highest BCUT2D eigenvalue weighted by molar-refractivity contribution is 4.86. The van der Waals surface area contributed by atoms with E-state index >= 15 is 0 Å². The third kappa shape index (κ3) is 3.21. The van der Waals surface area contributed by atoms with E-state index in [9.17, 15) is 0 Å². The van der Waals surface area contributed by atoms with Crippen LogP contribution in [0.15, 0.2) is 0 Å². The van der Waals surface area contributed by atoms with Crippen molar-refractivity contribution in [1.29, 1.82) is 0 Å². The van der Waals surface area contributed by atoms with Crippen molar-refractivity contribution in [3.63, 3.8) is 0 Å². The van der Waals surface area contributed by atoms with Gasteiger partial charge in [0.1, 0.15) is 5.60 Å². The number of hydrogen-bond donors (Lipinski definition) is 0. The molecule has 0 unspecified atom stereocenters. The lowest BCUT2D eigenvalue weighted by Gasteiger charge is -2.42. The molecule has 1 rings (SSSR count). The van der Waals surface area contributed by atoms with Gasteiger partial charge in [-0.05, 0) is 31.6 Å². The molecule has 0 aromatic carbocycles. The zero-order valence-corrected chi connectivity index (χ0v) is 11.4. The van der Waals surface area contributed by atoms with Gasteiger partial charge >= 0.3 is 0 Å². The van der Waals surface area contributed by atoms with E-state index < -0.39 is 0 Å². The van der Waals surface area contributed by atoms with E-state index in [-0.39, 0.29) is 5.60 Å². The van der Waals surface area contributed by atoms with Crippen molar-refractivity contribution in [2.75, 3.05) is 0 Å². The van der Waals surface area contributed by atoms with Gasteiger partial charge in [0.2, 0.25) is 0 Å². The average Bonchev–Trinajstić information content (AvgIpc) is 2.36. The van der Waals surface area contributed by atoms with Crippen LogP contribution in [0.3, 0.4) is 0 Å². The summed E-state index contributed by atoms with van der Waals surface area (Å²) in [4.78, 5) is 11.4. The van der Waals surface area contributed by atoms with Gasteiger partial charge in [-0.1, -0.05) is 47.0 Å². The van der Waals surface area contributed by atoms with Gasteiger partial charge in [0, 0.05) is 0 Å². The molecule has 0 aromatic rings. The van der Waals surface area contributed by atoms with Crippen LogP contribution in [0.4, 0.5) is 0 Å². The molecular formula is C14H28O2.